The highest BCUT2D eigenvalue weighted by Crippen LogP contribution is 2.26. The van der Waals surface area contributed by atoms with Gasteiger partial charge in [0.25, 0.3) is 0 Å². The minimum Gasteiger partial charge on any atom is -0.391 e. The molecule has 4 nitrogen and oxygen atoms in total. The van der Waals surface area contributed by atoms with Crippen molar-refractivity contribution in [3.05, 3.63) is 0 Å². The number of β-amino-alcohol motifs (C(OH)–C–C–N with tert-alkyl or cyclic N) is 1. The first-order chi connectivity index (χ1) is 10.9. The summed E-state index contributed by atoms with van der Waals surface area (Å²) in [6, 6.07) is 0. The molecular formula is C19H38N2O2. The van der Waals surface area contributed by atoms with Crippen LogP contribution in [0, 0.1) is 11.3 Å². The molecule has 0 amide bonds. The minimum absolute atomic E-state index is 0.0261. The Hall–Kier alpha value is -0.160. The molecule has 0 aromatic carbocycles. The van der Waals surface area contributed by atoms with E-state index in [1.54, 1.807) is 0 Å². The predicted octanol–water partition coefficient (Wildman–Crippen LogP) is 2.61. The van der Waals surface area contributed by atoms with E-state index in [0.29, 0.717) is 6.10 Å². The SMILES string of the molecule is C[C@@H]1CCCC[C@@H]1OCCN1CCN(C[C@@H](O)C(C)(C)C)CC1. The third-order valence-electron chi connectivity index (χ3n) is 5.67. The molecule has 1 aliphatic heterocycles. The first kappa shape index (κ1) is 19.2. The van der Waals surface area contributed by atoms with Gasteiger partial charge in [-0.2, -0.15) is 0 Å². The van der Waals surface area contributed by atoms with Crippen LogP contribution in [0.25, 0.3) is 0 Å². The average molecular weight is 327 g/mol. The number of piperazine rings is 1. The summed E-state index contributed by atoms with van der Waals surface area (Å²) in [5.74, 6) is 0.736. The fraction of sp³-hybridized carbons (Fsp3) is 1.00. The number of hydrogen-bond acceptors (Lipinski definition) is 4. The van der Waals surface area contributed by atoms with Gasteiger partial charge in [-0.3, -0.25) is 9.80 Å². The van der Waals surface area contributed by atoms with Crippen molar-refractivity contribution < 1.29 is 9.84 Å². The van der Waals surface area contributed by atoms with Crippen LogP contribution in [-0.4, -0.2) is 73.0 Å². The minimum atomic E-state index is -0.245. The number of aliphatic hydroxyl groups is 1. The second-order valence-corrected chi connectivity index (χ2v) is 8.70. The summed E-state index contributed by atoms with van der Waals surface area (Å²) < 4.78 is 6.14. The smallest absolute Gasteiger partial charge is 0.0715 e. The second-order valence-electron chi connectivity index (χ2n) is 8.70. The highest BCUT2D eigenvalue weighted by molar-refractivity contribution is 4.80. The van der Waals surface area contributed by atoms with E-state index in [-0.39, 0.29) is 11.5 Å². The van der Waals surface area contributed by atoms with Gasteiger partial charge < -0.3 is 9.84 Å². The highest BCUT2D eigenvalue weighted by Gasteiger charge is 2.26. The van der Waals surface area contributed by atoms with Crippen molar-refractivity contribution in [1.82, 2.24) is 9.80 Å². The molecule has 1 saturated carbocycles. The summed E-state index contributed by atoms with van der Waals surface area (Å²) in [4.78, 5) is 4.91. The Morgan fingerprint density at radius 1 is 1.04 bits per heavy atom. The molecule has 0 aromatic rings. The molecule has 0 bridgehead atoms. The molecule has 1 heterocycles. The largest absolute Gasteiger partial charge is 0.391 e. The fourth-order valence-corrected chi connectivity index (χ4v) is 3.58. The third kappa shape index (κ3) is 6.33. The summed E-state index contributed by atoms with van der Waals surface area (Å²) >= 11 is 0. The lowest BCUT2D eigenvalue weighted by Crippen LogP contribution is -2.50. The van der Waals surface area contributed by atoms with E-state index in [1.165, 1.54) is 25.7 Å². The Kier molecular flexibility index (Phi) is 7.33. The normalized spacial score (nSPS) is 29.6. The van der Waals surface area contributed by atoms with Crippen LogP contribution < -0.4 is 0 Å². The van der Waals surface area contributed by atoms with Gasteiger partial charge in [0, 0.05) is 39.3 Å². The predicted molar refractivity (Wildman–Crippen MR) is 95.7 cm³/mol. The standard InChI is InChI=1S/C19H38N2O2/c1-16-7-5-6-8-17(16)23-14-13-20-9-11-21(12-10-20)15-18(22)19(2,3)4/h16-18,22H,5-15H2,1-4H3/t16-,17+,18-/m1/s1. The van der Waals surface area contributed by atoms with Crippen molar-refractivity contribution in [3.63, 3.8) is 0 Å². The van der Waals surface area contributed by atoms with Crippen LogP contribution in [0.2, 0.25) is 0 Å². The molecule has 0 aromatic heterocycles. The Labute approximate surface area is 143 Å². The number of nitrogens with zero attached hydrogens (tertiary/aromatic N) is 2. The lowest BCUT2D eigenvalue weighted by Gasteiger charge is -2.38. The van der Waals surface area contributed by atoms with Gasteiger partial charge in [0.05, 0.1) is 18.8 Å². The Bertz CT molecular complexity index is 335. The lowest BCUT2D eigenvalue weighted by molar-refractivity contribution is -0.0227. The molecule has 23 heavy (non-hydrogen) atoms. The number of aliphatic hydroxyl groups excluding tert-OH is 1. The fourth-order valence-electron chi connectivity index (χ4n) is 3.58. The van der Waals surface area contributed by atoms with E-state index in [0.717, 1.165) is 51.8 Å². The van der Waals surface area contributed by atoms with Crippen molar-refractivity contribution in [2.45, 2.75) is 65.6 Å². The van der Waals surface area contributed by atoms with Gasteiger partial charge in [-0.25, -0.2) is 0 Å². The zero-order chi connectivity index (χ0) is 16.9. The molecule has 3 atom stereocenters. The molecule has 4 heteroatoms. The van der Waals surface area contributed by atoms with Crippen molar-refractivity contribution in [1.29, 1.82) is 0 Å². The van der Waals surface area contributed by atoms with Gasteiger partial charge in [-0.15, -0.1) is 0 Å². The van der Waals surface area contributed by atoms with Crippen LogP contribution in [0.5, 0.6) is 0 Å². The second kappa shape index (κ2) is 8.80. The first-order valence-corrected chi connectivity index (χ1v) is 9.60. The van der Waals surface area contributed by atoms with E-state index in [9.17, 15) is 5.11 Å². The zero-order valence-corrected chi connectivity index (χ0v) is 15.8. The van der Waals surface area contributed by atoms with Gasteiger partial charge in [0.2, 0.25) is 0 Å². The topological polar surface area (TPSA) is 35.9 Å². The average Bonchev–Trinajstić information content (AvgIpc) is 2.50. The van der Waals surface area contributed by atoms with Crippen LogP contribution >= 0.6 is 0 Å². The molecule has 2 fully saturated rings. The van der Waals surface area contributed by atoms with E-state index in [4.69, 9.17) is 4.74 Å². The van der Waals surface area contributed by atoms with Crippen molar-refractivity contribution in [2.75, 3.05) is 45.9 Å². The van der Waals surface area contributed by atoms with Crippen LogP contribution in [0.4, 0.5) is 0 Å². The highest BCUT2D eigenvalue weighted by atomic mass is 16.5. The molecule has 2 aliphatic rings. The number of rotatable bonds is 6. The third-order valence-corrected chi connectivity index (χ3v) is 5.67. The van der Waals surface area contributed by atoms with Gasteiger partial charge in [0.1, 0.15) is 0 Å². The molecule has 1 saturated heterocycles. The molecule has 1 N–H and O–H groups in total. The number of ether oxygens (including phenoxy) is 1. The van der Waals surface area contributed by atoms with Gasteiger partial charge in [0.15, 0.2) is 0 Å². The van der Waals surface area contributed by atoms with E-state index in [1.807, 2.05) is 0 Å². The summed E-state index contributed by atoms with van der Waals surface area (Å²) in [7, 11) is 0. The van der Waals surface area contributed by atoms with Crippen LogP contribution in [-0.2, 0) is 4.74 Å². The van der Waals surface area contributed by atoms with Crippen molar-refractivity contribution >= 4 is 0 Å². The zero-order valence-electron chi connectivity index (χ0n) is 15.8. The summed E-state index contributed by atoms with van der Waals surface area (Å²) in [6.07, 6.45) is 5.55. The molecule has 136 valence electrons. The van der Waals surface area contributed by atoms with Crippen LogP contribution in [0.15, 0.2) is 0 Å². The van der Waals surface area contributed by atoms with Gasteiger partial charge >= 0.3 is 0 Å². The monoisotopic (exact) mass is 326 g/mol. The number of hydrogen-bond donors (Lipinski definition) is 1. The molecule has 2 rings (SSSR count). The van der Waals surface area contributed by atoms with E-state index < -0.39 is 0 Å². The molecule has 1 aliphatic carbocycles. The maximum absolute atomic E-state index is 10.2. The molecular weight excluding hydrogens is 288 g/mol. The van der Waals surface area contributed by atoms with E-state index in [2.05, 4.69) is 37.5 Å². The maximum Gasteiger partial charge on any atom is 0.0715 e. The summed E-state index contributed by atoms with van der Waals surface area (Å²) in [5, 5.41) is 10.2. The van der Waals surface area contributed by atoms with Gasteiger partial charge in [-0.1, -0.05) is 40.5 Å². The molecule has 0 unspecified atom stereocenters. The summed E-state index contributed by atoms with van der Waals surface area (Å²) in [5.41, 5.74) is -0.0261. The van der Waals surface area contributed by atoms with Crippen LogP contribution in [0.1, 0.15) is 53.4 Å². The first-order valence-electron chi connectivity index (χ1n) is 9.60. The molecule has 0 radical (unpaired) electrons. The van der Waals surface area contributed by atoms with Crippen molar-refractivity contribution in [3.8, 4) is 0 Å². The lowest BCUT2D eigenvalue weighted by atomic mass is 9.88. The quantitative estimate of drug-likeness (QED) is 0.814. The van der Waals surface area contributed by atoms with Crippen molar-refractivity contribution in [2.24, 2.45) is 11.3 Å². The summed E-state index contributed by atoms with van der Waals surface area (Å²) in [6.45, 7) is 15.7. The Balaban J connectivity index is 1.59. The van der Waals surface area contributed by atoms with Gasteiger partial charge in [-0.05, 0) is 24.2 Å². The maximum atomic E-state index is 10.2. The molecule has 0 spiro atoms. The van der Waals surface area contributed by atoms with E-state index >= 15 is 0 Å². The Morgan fingerprint density at radius 3 is 2.26 bits per heavy atom. The Morgan fingerprint density at radius 2 is 1.65 bits per heavy atom. The van der Waals surface area contributed by atoms with Crippen LogP contribution in [0.3, 0.4) is 0 Å².